The van der Waals surface area contributed by atoms with Gasteiger partial charge < -0.3 is 18.9 Å². The molecule has 2 aromatic carbocycles. The average molecular weight is 420 g/mol. The summed E-state index contributed by atoms with van der Waals surface area (Å²) >= 11 is 0. The molecule has 4 rings (SSSR count). The Labute approximate surface area is 180 Å². The first-order valence-electron chi connectivity index (χ1n) is 10.2. The van der Waals surface area contributed by atoms with Crippen LogP contribution in [0, 0.1) is 12.8 Å². The van der Waals surface area contributed by atoms with Crippen molar-refractivity contribution < 1.29 is 23.6 Å². The fourth-order valence-corrected chi connectivity index (χ4v) is 3.96. The van der Waals surface area contributed by atoms with Crippen LogP contribution in [0.1, 0.15) is 35.9 Å². The lowest BCUT2D eigenvalue weighted by molar-refractivity contribution is -0.152. The fourth-order valence-electron chi connectivity index (χ4n) is 3.96. The maximum atomic E-state index is 13.1. The first-order valence-corrected chi connectivity index (χ1v) is 10.2. The number of benzene rings is 2. The second-order valence-electron chi connectivity index (χ2n) is 7.50. The smallest absolute Gasteiger partial charge is 0.311 e. The van der Waals surface area contributed by atoms with Gasteiger partial charge in [0.2, 0.25) is 5.91 Å². The number of carbonyl (C=O) groups is 2. The van der Waals surface area contributed by atoms with Crippen molar-refractivity contribution in [2.75, 3.05) is 12.0 Å². The number of amides is 1. The van der Waals surface area contributed by atoms with Crippen LogP contribution in [0.15, 0.2) is 65.2 Å². The van der Waals surface area contributed by atoms with Crippen molar-refractivity contribution in [2.45, 2.75) is 32.4 Å². The van der Waals surface area contributed by atoms with Crippen molar-refractivity contribution in [3.8, 4) is 5.75 Å². The van der Waals surface area contributed by atoms with E-state index in [9.17, 15) is 9.59 Å². The third kappa shape index (κ3) is 4.45. The van der Waals surface area contributed by atoms with E-state index in [4.69, 9.17) is 14.0 Å². The van der Waals surface area contributed by atoms with Crippen LogP contribution < -0.4 is 9.64 Å². The minimum atomic E-state index is -0.504. The molecule has 160 valence electrons. The lowest BCUT2D eigenvalue weighted by atomic mass is 9.84. The summed E-state index contributed by atoms with van der Waals surface area (Å²) in [6.45, 7) is 1.81. The number of rotatable bonds is 6. The Morgan fingerprint density at radius 3 is 2.55 bits per heavy atom. The number of aryl methyl sites for hydroxylation is 1. The van der Waals surface area contributed by atoms with E-state index >= 15 is 0 Å². The van der Waals surface area contributed by atoms with Crippen LogP contribution in [0.3, 0.4) is 0 Å². The van der Waals surface area contributed by atoms with E-state index in [2.05, 4.69) is 5.16 Å². The monoisotopic (exact) mass is 420 g/mol. The zero-order valence-electron chi connectivity index (χ0n) is 17.5. The molecule has 0 saturated carbocycles. The van der Waals surface area contributed by atoms with Crippen LogP contribution in [0.2, 0.25) is 0 Å². The standard InChI is InChI=1S/C24H24N2O5/c1-16-14-18(25-31-16)15-30-24(28)21-12-13-22(27)26(19-8-10-20(29-2)11-9-19)23(21)17-6-4-3-5-7-17/h3-11,14,21,23H,12-13,15H2,1-2H3/t21-,23-/m0/s1. The van der Waals surface area contributed by atoms with Crippen LogP contribution in [0.25, 0.3) is 0 Å². The van der Waals surface area contributed by atoms with E-state index in [1.165, 1.54) is 0 Å². The van der Waals surface area contributed by atoms with E-state index in [0.717, 1.165) is 5.56 Å². The van der Waals surface area contributed by atoms with Crippen molar-refractivity contribution in [1.29, 1.82) is 0 Å². The first-order chi connectivity index (χ1) is 15.1. The maximum absolute atomic E-state index is 13.1. The highest BCUT2D eigenvalue weighted by Gasteiger charge is 2.42. The molecule has 0 bridgehead atoms. The molecule has 2 heterocycles. The molecule has 1 fully saturated rings. The molecule has 1 aliphatic rings. The van der Waals surface area contributed by atoms with Crippen molar-refractivity contribution in [2.24, 2.45) is 5.92 Å². The number of hydrogen-bond acceptors (Lipinski definition) is 6. The van der Waals surface area contributed by atoms with Crippen molar-refractivity contribution in [3.63, 3.8) is 0 Å². The molecule has 2 atom stereocenters. The molecule has 7 nitrogen and oxygen atoms in total. The van der Waals surface area contributed by atoms with Gasteiger partial charge in [-0.05, 0) is 43.2 Å². The highest BCUT2D eigenvalue weighted by molar-refractivity contribution is 5.97. The number of piperidine rings is 1. The van der Waals surface area contributed by atoms with Gasteiger partial charge in [0.25, 0.3) is 0 Å². The summed E-state index contributed by atoms with van der Waals surface area (Å²) in [7, 11) is 1.59. The third-order valence-electron chi connectivity index (χ3n) is 5.43. The van der Waals surface area contributed by atoms with Gasteiger partial charge in [-0.3, -0.25) is 9.59 Å². The molecule has 1 aliphatic heterocycles. The quantitative estimate of drug-likeness (QED) is 0.556. The van der Waals surface area contributed by atoms with Crippen LogP contribution in [-0.2, 0) is 20.9 Å². The number of methoxy groups -OCH3 is 1. The van der Waals surface area contributed by atoms with Crippen LogP contribution in [0.5, 0.6) is 5.75 Å². The lowest BCUT2D eigenvalue weighted by Crippen LogP contribution is -2.46. The summed E-state index contributed by atoms with van der Waals surface area (Å²) < 4.78 is 15.8. The Morgan fingerprint density at radius 1 is 1.16 bits per heavy atom. The number of carbonyl (C=O) groups excluding carboxylic acids is 2. The molecule has 31 heavy (non-hydrogen) atoms. The SMILES string of the molecule is COc1ccc(N2C(=O)CC[C@H](C(=O)OCc3cc(C)on3)[C@@H]2c2ccccc2)cc1. The Kier molecular flexibility index (Phi) is 6.02. The van der Waals surface area contributed by atoms with Crippen molar-refractivity contribution in [3.05, 3.63) is 77.7 Å². The molecule has 0 aliphatic carbocycles. The van der Waals surface area contributed by atoms with Gasteiger partial charge in [0.1, 0.15) is 23.8 Å². The molecular weight excluding hydrogens is 396 g/mol. The van der Waals surface area contributed by atoms with Gasteiger partial charge in [0.15, 0.2) is 0 Å². The van der Waals surface area contributed by atoms with E-state index in [-0.39, 0.29) is 24.9 Å². The highest BCUT2D eigenvalue weighted by Crippen LogP contribution is 2.41. The number of esters is 1. The van der Waals surface area contributed by atoms with Gasteiger partial charge in [-0.2, -0.15) is 0 Å². The lowest BCUT2D eigenvalue weighted by Gasteiger charge is -2.40. The van der Waals surface area contributed by atoms with E-state index < -0.39 is 12.0 Å². The van der Waals surface area contributed by atoms with Gasteiger partial charge >= 0.3 is 5.97 Å². The van der Waals surface area contributed by atoms with E-state index in [1.54, 1.807) is 37.1 Å². The second-order valence-corrected chi connectivity index (χ2v) is 7.50. The Hall–Kier alpha value is -3.61. The zero-order chi connectivity index (χ0) is 21.8. The van der Waals surface area contributed by atoms with Gasteiger partial charge in [-0.1, -0.05) is 35.5 Å². The van der Waals surface area contributed by atoms with Gasteiger partial charge in [-0.15, -0.1) is 0 Å². The van der Waals surface area contributed by atoms with Crippen molar-refractivity contribution in [1.82, 2.24) is 5.16 Å². The average Bonchev–Trinajstić information content (AvgIpc) is 3.23. The molecule has 3 aromatic rings. The van der Waals surface area contributed by atoms with Gasteiger partial charge in [0.05, 0.1) is 19.1 Å². The molecular formula is C24H24N2O5. The molecule has 1 aromatic heterocycles. The molecule has 1 amide bonds. The number of ether oxygens (including phenoxy) is 2. The molecule has 0 radical (unpaired) electrons. The number of hydrogen-bond donors (Lipinski definition) is 0. The Morgan fingerprint density at radius 2 is 1.90 bits per heavy atom. The molecule has 0 unspecified atom stereocenters. The van der Waals surface area contributed by atoms with Crippen LogP contribution >= 0.6 is 0 Å². The van der Waals surface area contributed by atoms with Gasteiger partial charge in [-0.25, -0.2) is 0 Å². The largest absolute Gasteiger partial charge is 0.497 e. The minimum Gasteiger partial charge on any atom is -0.497 e. The van der Waals surface area contributed by atoms with Gasteiger partial charge in [0, 0.05) is 18.2 Å². The first kappa shape index (κ1) is 20.7. The highest BCUT2D eigenvalue weighted by atomic mass is 16.5. The van der Waals surface area contributed by atoms with E-state index in [1.807, 2.05) is 42.5 Å². The normalized spacial score (nSPS) is 18.6. The number of anilines is 1. The molecule has 0 spiro atoms. The Balaban J connectivity index is 1.64. The zero-order valence-corrected chi connectivity index (χ0v) is 17.5. The number of nitrogens with zero attached hydrogens (tertiary/aromatic N) is 2. The van der Waals surface area contributed by atoms with Crippen LogP contribution in [-0.4, -0.2) is 24.1 Å². The second kappa shape index (κ2) is 9.04. The summed E-state index contributed by atoms with van der Waals surface area (Å²) in [5, 5.41) is 3.87. The summed E-state index contributed by atoms with van der Waals surface area (Å²) in [5.74, 6) is 0.455. The summed E-state index contributed by atoms with van der Waals surface area (Å²) in [6, 6.07) is 18.1. The third-order valence-corrected chi connectivity index (χ3v) is 5.43. The summed E-state index contributed by atoms with van der Waals surface area (Å²) in [4.78, 5) is 27.8. The van der Waals surface area contributed by atoms with Crippen molar-refractivity contribution >= 4 is 17.6 Å². The topological polar surface area (TPSA) is 81.9 Å². The molecule has 0 N–H and O–H groups in total. The predicted molar refractivity (Wildman–Crippen MR) is 113 cm³/mol. The summed E-state index contributed by atoms with van der Waals surface area (Å²) in [5.41, 5.74) is 2.15. The maximum Gasteiger partial charge on any atom is 0.311 e. The van der Waals surface area contributed by atoms with Crippen LogP contribution in [0.4, 0.5) is 5.69 Å². The number of aromatic nitrogens is 1. The minimum absolute atomic E-state index is 0.0322. The molecule has 1 saturated heterocycles. The fraction of sp³-hybridized carbons (Fsp3) is 0.292. The summed E-state index contributed by atoms with van der Waals surface area (Å²) in [6.07, 6.45) is 0.680. The predicted octanol–water partition coefficient (Wildman–Crippen LogP) is 4.22. The van der Waals surface area contributed by atoms with E-state index in [0.29, 0.717) is 29.3 Å². The Bertz CT molecular complexity index is 1050. The molecule has 7 heteroatoms.